The van der Waals surface area contributed by atoms with Crippen LogP contribution in [0.2, 0.25) is 0 Å². The monoisotopic (exact) mass is 454 g/mol. The molecule has 3 N–H and O–H groups in total. The van der Waals surface area contributed by atoms with Crippen molar-refractivity contribution in [2.45, 2.75) is 44.2 Å². The standard InChI is InChI=1S/C25H30N2O6/c1-3-16(14-23(28)26-13-12-22(32-2)24(29)30)27-25(31)33-15-21-19-10-6-4-8-17(19)18-9-5-7-11-20(18)21/h4-11,16,21-22H,3,12-15H2,1-2H3,(H,26,28)(H,27,31)(H,29,30)/t16-,22?/m0/s1. The van der Waals surface area contributed by atoms with Crippen molar-refractivity contribution in [3.05, 3.63) is 59.7 Å². The third-order valence-corrected chi connectivity index (χ3v) is 5.88. The number of hydrogen-bond donors (Lipinski definition) is 3. The van der Waals surface area contributed by atoms with E-state index >= 15 is 0 Å². The summed E-state index contributed by atoms with van der Waals surface area (Å²) in [6.45, 7) is 2.24. The number of carbonyl (C=O) groups excluding carboxylic acids is 2. The minimum absolute atomic E-state index is 0.0329. The molecule has 33 heavy (non-hydrogen) atoms. The minimum atomic E-state index is -1.07. The molecular formula is C25H30N2O6. The normalized spacial score (nSPS) is 14.0. The van der Waals surface area contributed by atoms with E-state index in [2.05, 4.69) is 34.9 Å². The van der Waals surface area contributed by atoms with E-state index in [4.69, 9.17) is 14.6 Å². The van der Waals surface area contributed by atoms with Crippen LogP contribution in [0.15, 0.2) is 48.5 Å². The van der Waals surface area contributed by atoms with Crippen molar-refractivity contribution < 1.29 is 29.0 Å². The molecule has 0 fully saturated rings. The quantitative estimate of drug-likeness (QED) is 0.480. The van der Waals surface area contributed by atoms with Crippen molar-refractivity contribution >= 4 is 18.0 Å². The molecule has 0 aliphatic heterocycles. The molecule has 0 bridgehead atoms. The van der Waals surface area contributed by atoms with E-state index in [-0.39, 0.29) is 37.8 Å². The predicted molar refractivity (Wildman–Crippen MR) is 123 cm³/mol. The van der Waals surface area contributed by atoms with Crippen molar-refractivity contribution in [1.82, 2.24) is 10.6 Å². The van der Waals surface area contributed by atoms with Crippen LogP contribution in [0.1, 0.15) is 43.2 Å². The summed E-state index contributed by atoms with van der Waals surface area (Å²) in [6, 6.07) is 15.8. The number of fused-ring (bicyclic) bond motifs is 3. The number of rotatable bonds is 11. The number of carboxylic acid groups (broad SMARTS) is 1. The maximum Gasteiger partial charge on any atom is 0.407 e. The van der Waals surface area contributed by atoms with Gasteiger partial charge in [-0.1, -0.05) is 55.5 Å². The Hall–Kier alpha value is -3.39. The van der Waals surface area contributed by atoms with Gasteiger partial charge in [0.2, 0.25) is 5.91 Å². The van der Waals surface area contributed by atoms with Crippen LogP contribution in [-0.4, -0.2) is 55.5 Å². The lowest BCUT2D eigenvalue weighted by Crippen LogP contribution is -2.40. The van der Waals surface area contributed by atoms with Crippen LogP contribution in [0.5, 0.6) is 0 Å². The highest BCUT2D eigenvalue weighted by atomic mass is 16.5. The molecule has 2 aromatic rings. The van der Waals surface area contributed by atoms with E-state index < -0.39 is 24.2 Å². The number of nitrogens with one attached hydrogen (secondary N) is 2. The summed E-state index contributed by atoms with van der Waals surface area (Å²) in [6.07, 6.45) is -0.749. The van der Waals surface area contributed by atoms with Crippen molar-refractivity contribution in [2.75, 3.05) is 20.3 Å². The first kappa shape index (κ1) is 24.3. The fraction of sp³-hybridized carbons (Fsp3) is 0.400. The highest BCUT2D eigenvalue weighted by Gasteiger charge is 2.29. The first-order valence-corrected chi connectivity index (χ1v) is 11.1. The molecule has 0 radical (unpaired) electrons. The van der Waals surface area contributed by atoms with Gasteiger partial charge >= 0.3 is 12.1 Å². The van der Waals surface area contributed by atoms with Crippen LogP contribution in [0.3, 0.4) is 0 Å². The van der Waals surface area contributed by atoms with Gasteiger partial charge in [-0.3, -0.25) is 4.79 Å². The summed E-state index contributed by atoms with van der Waals surface area (Å²) >= 11 is 0. The second kappa shape index (κ2) is 11.5. The molecule has 0 aromatic heterocycles. The molecule has 8 nitrogen and oxygen atoms in total. The number of amides is 2. The molecule has 1 unspecified atom stereocenters. The zero-order valence-electron chi connectivity index (χ0n) is 18.9. The van der Waals surface area contributed by atoms with Crippen molar-refractivity contribution in [2.24, 2.45) is 0 Å². The Morgan fingerprint density at radius 1 is 1.03 bits per heavy atom. The van der Waals surface area contributed by atoms with E-state index in [0.717, 1.165) is 22.3 Å². The molecule has 176 valence electrons. The molecule has 8 heteroatoms. The van der Waals surface area contributed by atoms with Gasteiger partial charge in [-0.2, -0.15) is 0 Å². The van der Waals surface area contributed by atoms with Crippen LogP contribution >= 0.6 is 0 Å². The van der Waals surface area contributed by atoms with Crippen LogP contribution in [0.4, 0.5) is 4.79 Å². The third kappa shape index (κ3) is 6.10. The zero-order valence-corrected chi connectivity index (χ0v) is 18.9. The van der Waals surface area contributed by atoms with Gasteiger partial charge in [0.25, 0.3) is 0 Å². The van der Waals surface area contributed by atoms with E-state index in [1.54, 1.807) is 0 Å². The van der Waals surface area contributed by atoms with Gasteiger partial charge < -0.3 is 25.2 Å². The topological polar surface area (TPSA) is 114 Å². The Kier molecular flexibility index (Phi) is 8.43. The molecule has 2 aromatic carbocycles. The molecule has 0 saturated heterocycles. The predicted octanol–water partition coefficient (Wildman–Crippen LogP) is 3.30. The molecule has 1 aliphatic rings. The minimum Gasteiger partial charge on any atom is -0.479 e. The third-order valence-electron chi connectivity index (χ3n) is 5.88. The van der Waals surface area contributed by atoms with Gasteiger partial charge in [0.05, 0.1) is 0 Å². The summed E-state index contributed by atoms with van der Waals surface area (Å²) < 4.78 is 10.4. The maximum absolute atomic E-state index is 12.4. The molecule has 3 rings (SSSR count). The average molecular weight is 455 g/mol. The second-order valence-corrected chi connectivity index (χ2v) is 7.98. The van der Waals surface area contributed by atoms with Crippen molar-refractivity contribution in [3.8, 4) is 11.1 Å². The van der Waals surface area contributed by atoms with Crippen LogP contribution in [0.25, 0.3) is 11.1 Å². The summed E-state index contributed by atoms with van der Waals surface area (Å²) in [4.78, 5) is 35.6. The largest absolute Gasteiger partial charge is 0.479 e. The average Bonchev–Trinajstić information content (AvgIpc) is 3.13. The first-order valence-electron chi connectivity index (χ1n) is 11.1. The summed E-state index contributed by atoms with van der Waals surface area (Å²) in [5, 5.41) is 14.4. The number of carboxylic acids is 1. The molecule has 2 amide bonds. The van der Waals surface area contributed by atoms with Gasteiger partial charge in [-0.25, -0.2) is 9.59 Å². The van der Waals surface area contributed by atoms with Gasteiger partial charge in [-0.15, -0.1) is 0 Å². The highest BCUT2D eigenvalue weighted by Crippen LogP contribution is 2.44. The molecule has 0 saturated carbocycles. The number of benzene rings is 2. The lowest BCUT2D eigenvalue weighted by molar-refractivity contribution is -0.149. The Morgan fingerprint density at radius 2 is 1.64 bits per heavy atom. The molecule has 0 spiro atoms. The molecular weight excluding hydrogens is 424 g/mol. The van der Waals surface area contributed by atoms with Crippen LogP contribution in [0, 0.1) is 0 Å². The zero-order chi connectivity index (χ0) is 23.8. The number of alkyl carbamates (subject to hydrolysis) is 1. The summed E-state index contributed by atoms with van der Waals surface area (Å²) in [7, 11) is 1.31. The SMILES string of the molecule is CC[C@@H](CC(=O)NCCC(OC)C(=O)O)NC(=O)OCC1c2ccccc2-c2ccccc21. The van der Waals surface area contributed by atoms with E-state index in [1.165, 1.54) is 7.11 Å². The number of methoxy groups -OCH3 is 1. The fourth-order valence-electron chi connectivity index (χ4n) is 4.08. The lowest BCUT2D eigenvalue weighted by Gasteiger charge is -2.19. The fourth-order valence-corrected chi connectivity index (χ4v) is 4.08. The van der Waals surface area contributed by atoms with Gasteiger partial charge in [0, 0.05) is 38.5 Å². The number of carbonyl (C=O) groups is 3. The Balaban J connectivity index is 1.49. The van der Waals surface area contributed by atoms with E-state index in [9.17, 15) is 14.4 Å². The van der Waals surface area contributed by atoms with Crippen molar-refractivity contribution in [1.29, 1.82) is 0 Å². The van der Waals surface area contributed by atoms with Gasteiger partial charge in [0.1, 0.15) is 6.61 Å². The van der Waals surface area contributed by atoms with E-state index in [1.807, 2.05) is 31.2 Å². The molecule has 1 aliphatic carbocycles. The van der Waals surface area contributed by atoms with Gasteiger partial charge in [0.15, 0.2) is 6.10 Å². The number of hydrogen-bond acceptors (Lipinski definition) is 5. The van der Waals surface area contributed by atoms with Crippen LogP contribution in [-0.2, 0) is 19.1 Å². The second-order valence-electron chi connectivity index (χ2n) is 7.98. The Bertz CT molecular complexity index is 947. The number of aliphatic carboxylic acids is 1. The number of ether oxygens (including phenoxy) is 2. The first-order chi connectivity index (χ1) is 15.9. The van der Waals surface area contributed by atoms with Gasteiger partial charge in [-0.05, 0) is 28.7 Å². The summed E-state index contributed by atoms with van der Waals surface area (Å²) in [5.41, 5.74) is 4.58. The molecule has 0 heterocycles. The Labute approximate surface area is 193 Å². The van der Waals surface area contributed by atoms with E-state index in [0.29, 0.717) is 6.42 Å². The van der Waals surface area contributed by atoms with Crippen LogP contribution < -0.4 is 10.6 Å². The summed E-state index contributed by atoms with van der Waals surface area (Å²) in [5.74, 6) is -1.38. The smallest absolute Gasteiger partial charge is 0.407 e. The molecule has 2 atom stereocenters. The Morgan fingerprint density at radius 3 is 2.18 bits per heavy atom. The highest BCUT2D eigenvalue weighted by molar-refractivity contribution is 5.79. The lowest BCUT2D eigenvalue weighted by atomic mass is 9.98. The maximum atomic E-state index is 12.4. The van der Waals surface area contributed by atoms with Crippen molar-refractivity contribution in [3.63, 3.8) is 0 Å².